The van der Waals surface area contributed by atoms with Crippen molar-refractivity contribution in [2.75, 3.05) is 0 Å². The molecule has 0 aliphatic heterocycles. The smallest absolute Gasteiger partial charge is 0.500 e. The Balaban J connectivity index is 1.93. The number of halogens is 6. The van der Waals surface area contributed by atoms with Crippen LogP contribution in [-0.4, -0.2) is 12.3 Å². The highest BCUT2D eigenvalue weighted by molar-refractivity contribution is 6.37. The van der Waals surface area contributed by atoms with Crippen LogP contribution in [0.15, 0.2) is 36.4 Å². The summed E-state index contributed by atoms with van der Waals surface area (Å²) in [5.41, 5.74) is 0. The van der Waals surface area contributed by atoms with E-state index in [0.29, 0.717) is 12.1 Å². The van der Waals surface area contributed by atoms with Crippen LogP contribution in [0.4, 0.5) is 26.3 Å². The van der Waals surface area contributed by atoms with Gasteiger partial charge in [-0.05, 0) is 18.2 Å². The predicted octanol–water partition coefficient (Wildman–Crippen LogP) is 4.11. The van der Waals surface area contributed by atoms with Gasteiger partial charge in [-0.1, -0.05) is 0 Å². The number of fused-ring (bicyclic) bond motifs is 1. The van der Waals surface area contributed by atoms with Crippen LogP contribution in [0.1, 0.15) is 0 Å². The van der Waals surface area contributed by atoms with Crippen molar-refractivity contribution in [2.45, 2.75) is 0 Å². The van der Waals surface area contributed by atoms with Crippen LogP contribution in [0.2, 0.25) is 0 Å². The molecule has 0 aromatic heterocycles. The molecule has 0 atom stereocenters. The molecule has 26 heavy (non-hydrogen) atoms. The first-order valence-corrected chi connectivity index (χ1v) is 6.99. The molecule has 0 aliphatic carbocycles. The lowest BCUT2D eigenvalue weighted by Crippen LogP contribution is -2.30. The first kappa shape index (κ1) is 17.9. The van der Waals surface area contributed by atoms with Crippen LogP contribution in [0, 0.1) is 34.9 Å². The van der Waals surface area contributed by atoms with Crippen LogP contribution >= 0.6 is 0 Å². The van der Waals surface area contributed by atoms with Crippen LogP contribution in [0.5, 0.6) is 11.5 Å². The van der Waals surface area contributed by atoms with E-state index in [4.69, 9.17) is 4.65 Å². The molecule has 0 fully saturated rings. The van der Waals surface area contributed by atoms with Crippen molar-refractivity contribution in [3.63, 3.8) is 0 Å². The van der Waals surface area contributed by atoms with Gasteiger partial charge in [-0.3, -0.25) is 0 Å². The van der Waals surface area contributed by atoms with E-state index in [9.17, 15) is 31.4 Å². The van der Waals surface area contributed by atoms with E-state index in [1.165, 1.54) is 0 Å². The van der Waals surface area contributed by atoms with Gasteiger partial charge in [0.1, 0.15) is 34.8 Å². The van der Waals surface area contributed by atoms with E-state index < -0.39 is 59.1 Å². The highest BCUT2D eigenvalue weighted by Gasteiger charge is 2.26. The van der Waals surface area contributed by atoms with Gasteiger partial charge in [-0.15, -0.1) is 0 Å². The second kappa shape index (κ2) is 6.79. The van der Waals surface area contributed by atoms with Crippen molar-refractivity contribution in [3.8, 4) is 11.5 Å². The van der Waals surface area contributed by atoms with Gasteiger partial charge < -0.3 is 14.3 Å². The van der Waals surface area contributed by atoms with Crippen molar-refractivity contribution in [1.82, 2.24) is 0 Å². The third-order valence-corrected chi connectivity index (χ3v) is 3.36. The molecular formula is C16H7BF6O3. The summed E-state index contributed by atoms with van der Waals surface area (Å²) in [4.78, 5) is 0. The summed E-state index contributed by atoms with van der Waals surface area (Å²) in [6.07, 6.45) is 0. The summed E-state index contributed by atoms with van der Waals surface area (Å²) in [7, 11) is -2.31. The monoisotopic (exact) mass is 372 g/mol. The van der Waals surface area contributed by atoms with Crippen molar-refractivity contribution in [3.05, 3.63) is 71.3 Å². The fourth-order valence-corrected chi connectivity index (χ4v) is 2.29. The molecule has 0 radical (unpaired) electrons. The van der Waals surface area contributed by atoms with Crippen molar-refractivity contribution in [1.29, 1.82) is 0 Å². The third-order valence-electron chi connectivity index (χ3n) is 3.36. The van der Waals surface area contributed by atoms with Gasteiger partial charge in [0.2, 0.25) is 0 Å². The molecule has 1 N–H and O–H groups in total. The Hall–Kier alpha value is -2.88. The summed E-state index contributed by atoms with van der Waals surface area (Å²) < 4.78 is 90.0. The van der Waals surface area contributed by atoms with Crippen LogP contribution in [0.3, 0.4) is 0 Å². The van der Waals surface area contributed by atoms with Crippen LogP contribution < -0.4 is 9.31 Å². The minimum atomic E-state index is -2.31. The van der Waals surface area contributed by atoms with Gasteiger partial charge >= 0.3 is 7.32 Å². The van der Waals surface area contributed by atoms with Gasteiger partial charge in [0, 0.05) is 23.6 Å². The number of hydrogen-bond donors (Lipinski definition) is 1. The van der Waals surface area contributed by atoms with Gasteiger partial charge in [0.25, 0.3) is 0 Å². The van der Waals surface area contributed by atoms with E-state index in [1.807, 2.05) is 0 Å². The molecular weight excluding hydrogens is 365 g/mol. The zero-order valence-electron chi connectivity index (χ0n) is 12.6. The Morgan fingerprint density at radius 2 is 1.31 bits per heavy atom. The Bertz CT molecular complexity index is 998. The molecule has 0 saturated heterocycles. The summed E-state index contributed by atoms with van der Waals surface area (Å²) in [5.74, 6) is -9.02. The lowest BCUT2D eigenvalue weighted by atomic mass is 10.1. The van der Waals surface area contributed by atoms with Crippen LogP contribution in [0.25, 0.3) is 10.8 Å². The quantitative estimate of drug-likeness (QED) is 0.426. The molecule has 134 valence electrons. The van der Waals surface area contributed by atoms with E-state index >= 15 is 0 Å². The first-order chi connectivity index (χ1) is 12.3. The average Bonchev–Trinajstić information content (AvgIpc) is 2.54. The second-order valence-electron chi connectivity index (χ2n) is 5.10. The maximum Gasteiger partial charge on any atom is 0.785 e. The first-order valence-electron chi connectivity index (χ1n) is 6.99. The molecule has 0 spiro atoms. The highest BCUT2D eigenvalue weighted by Crippen LogP contribution is 2.31. The molecule has 3 rings (SSSR count). The molecule has 3 aromatic rings. The lowest BCUT2D eigenvalue weighted by molar-refractivity contribution is 0.288. The standard InChI is InChI=1S/C16H7BF6O3/c18-7-3-9-13(2-1-10(20)15(9)11(21)4-7)25-17(24)26-14-6-8(19)5-12(22)16(14)23/h1-6,24H. The van der Waals surface area contributed by atoms with E-state index in [-0.39, 0.29) is 11.5 Å². The van der Waals surface area contributed by atoms with Gasteiger partial charge in [0.15, 0.2) is 11.6 Å². The minimum Gasteiger partial charge on any atom is -0.500 e. The Labute approximate surface area is 142 Å². The zero-order chi connectivity index (χ0) is 19.0. The van der Waals surface area contributed by atoms with E-state index in [2.05, 4.69) is 4.65 Å². The largest absolute Gasteiger partial charge is 0.785 e. The van der Waals surface area contributed by atoms with Crippen LogP contribution in [-0.2, 0) is 0 Å². The molecule has 0 heterocycles. The molecule has 0 aliphatic rings. The fourth-order valence-electron chi connectivity index (χ4n) is 2.29. The number of rotatable bonds is 4. The summed E-state index contributed by atoms with van der Waals surface area (Å²) in [5, 5.41) is 8.70. The van der Waals surface area contributed by atoms with E-state index in [1.54, 1.807) is 0 Å². The van der Waals surface area contributed by atoms with E-state index in [0.717, 1.165) is 18.2 Å². The van der Waals surface area contributed by atoms with Gasteiger partial charge in [-0.2, -0.15) is 4.39 Å². The van der Waals surface area contributed by atoms with Gasteiger partial charge in [0.05, 0.1) is 5.39 Å². The summed E-state index contributed by atoms with van der Waals surface area (Å²) in [6.45, 7) is 0. The Kier molecular flexibility index (Phi) is 4.69. The normalized spacial score (nSPS) is 10.9. The second-order valence-corrected chi connectivity index (χ2v) is 5.10. The molecule has 0 amide bonds. The Morgan fingerprint density at radius 3 is 2.04 bits per heavy atom. The SMILES string of the molecule is OB(Oc1cc(F)cc(F)c1F)Oc1ccc(F)c2c(F)cc(F)cc12. The summed E-state index contributed by atoms with van der Waals surface area (Å²) >= 11 is 0. The zero-order valence-corrected chi connectivity index (χ0v) is 12.6. The average molecular weight is 372 g/mol. The Morgan fingerprint density at radius 1 is 0.692 bits per heavy atom. The van der Waals surface area contributed by atoms with Crippen molar-refractivity contribution in [2.24, 2.45) is 0 Å². The molecule has 3 nitrogen and oxygen atoms in total. The lowest BCUT2D eigenvalue weighted by Gasteiger charge is -2.14. The topological polar surface area (TPSA) is 38.7 Å². The molecule has 0 unspecified atom stereocenters. The third kappa shape index (κ3) is 3.41. The molecule has 0 saturated carbocycles. The molecule has 3 aromatic carbocycles. The molecule has 0 bridgehead atoms. The maximum atomic E-state index is 13.8. The number of benzene rings is 3. The van der Waals surface area contributed by atoms with Gasteiger partial charge in [-0.25, -0.2) is 22.0 Å². The predicted molar refractivity (Wildman–Crippen MR) is 79.4 cm³/mol. The van der Waals surface area contributed by atoms with Crippen molar-refractivity contribution >= 4 is 18.1 Å². The fraction of sp³-hybridized carbons (Fsp3) is 0. The van der Waals surface area contributed by atoms with Crippen molar-refractivity contribution < 1.29 is 40.7 Å². The molecule has 10 heteroatoms. The summed E-state index contributed by atoms with van der Waals surface area (Å²) in [6, 6.07) is 3.63. The minimum absolute atomic E-state index is 0.258. The maximum absolute atomic E-state index is 13.8. The number of hydrogen-bond acceptors (Lipinski definition) is 3. The highest BCUT2D eigenvalue weighted by atomic mass is 19.2.